The number of sulfonamides is 1. The standard InChI is InChI=1S/C29H29N3O9S/c33-24-9-8-21(42(36,37)31-10-14-38-15-11-31)17-23(24)29(35)41-18-26(34)32-28(25-7-3-13-40-25)22-6-1-4-19(27(22)30-32)16-20-5-2-12-39-20/h2-3,5,7-9,12-13,16-17,22,28,33H,1,4,6,10-11,14-15,18H2. The first-order chi connectivity index (χ1) is 20.3. The largest absolute Gasteiger partial charge is 0.507 e. The van der Waals surface area contributed by atoms with Crippen LogP contribution >= 0.6 is 0 Å². The van der Waals surface area contributed by atoms with Crippen molar-refractivity contribution in [2.24, 2.45) is 11.0 Å². The average Bonchev–Trinajstić information content (AvgIpc) is 3.78. The van der Waals surface area contributed by atoms with Crippen LogP contribution < -0.4 is 0 Å². The van der Waals surface area contributed by atoms with Crippen molar-refractivity contribution < 1.29 is 41.4 Å². The molecule has 2 unspecified atom stereocenters. The van der Waals surface area contributed by atoms with Gasteiger partial charge in [0.05, 0.1) is 36.3 Å². The number of hydrogen-bond acceptors (Lipinski definition) is 10. The quantitative estimate of drug-likeness (QED) is 0.404. The van der Waals surface area contributed by atoms with Gasteiger partial charge in [0, 0.05) is 19.0 Å². The maximum atomic E-state index is 13.5. The van der Waals surface area contributed by atoms with Gasteiger partial charge in [-0.2, -0.15) is 9.41 Å². The van der Waals surface area contributed by atoms with Crippen LogP contribution in [0.25, 0.3) is 6.08 Å². The van der Waals surface area contributed by atoms with Gasteiger partial charge >= 0.3 is 5.97 Å². The number of ether oxygens (including phenoxy) is 2. The van der Waals surface area contributed by atoms with Crippen LogP contribution in [0.15, 0.2) is 79.4 Å². The highest BCUT2D eigenvalue weighted by molar-refractivity contribution is 7.89. The number of aromatic hydroxyl groups is 1. The first-order valence-electron chi connectivity index (χ1n) is 13.6. The minimum absolute atomic E-state index is 0.128. The summed E-state index contributed by atoms with van der Waals surface area (Å²) in [6, 6.07) is 10.00. The number of phenols is 1. The van der Waals surface area contributed by atoms with E-state index >= 15 is 0 Å². The van der Waals surface area contributed by atoms with Gasteiger partial charge in [-0.25, -0.2) is 18.2 Å². The van der Waals surface area contributed by atoms with Crippen LogP contribution in [-0.4, -0.2) is 73.3 Å². The molecule has 1 saturated carbocycles. The summed E-state index contributed by atoms with van der Waals surface area (Å²) in [6.45, 7) is 0.179. The number of carbonyl (C=O) groups is 2. The number of esters is 1. The van der Waals surface area contributed by atoms with Crippen molar-refractivity contribution in [3.05, 3.63) is 77.6 Å². The summed E-state index contributed by atoms with van der Waals surface area (Å²) in [5, 5.41) is 16.3. The lowest BCUT2D eigenvalue weighted by Crippen LogP contribution is -2.40. The maximum Gasteiger partial charge on any atom is 0.342 e. The van der Waals surface area contributed by atoms with E-state index in [0.29, 0.717) is 11.5 Å². The molecular weight excluding hydrogens is 566 g/mol. The third-order valence-corrected chi connectivity index (χ3v) is 9.47. The van der Waals surface area contributed by atoms with Crippen LogP contribution in [0, 0.1) is 5.92 Å². The van der Waals surface area contributed by atoms with E-state index in [1.807, 2.05) is 12.1 Å². The summed E-state index contributed by atoms with van der Waals surface area (Å²) in [5.74, 6) is -1.01. The van der Waals surface area contributed by atoms with Crippen molar-refractivity contribution >= 4 is 33.7 Å². The molecule has 1 amide bonds. The molecular formula is C29H29N3O9S. The number of fused-ring (bicyclic) bond motifs is 1. The molecule has 0 spiro atoms. The molecule has 3 aromatic rings. The van der Waals surface area contributed by atoms with E-state index in [-0.39, 0.29) is 42.7 Å². The molecule has 3 aliphatic rings. The number of benzene rings is 1. The smallest absolute Gasteiger partial charge is 0.342 e. The Labute approximate surface area is 241 Å². The molecule has 2 aliphatic heterocycles. The van der Waals surface area contributed by atoms with Gasteiger partial charge in [0.25, 0.3) is 5.91 Å². The Morgan fingerprint density at radius 2 is 1.88 bits per heavy atom. The van der Waals surface area contributed by atoms with Crippen molar-refractivity contribution in [1.29, 1.82) is 0 Å². The number of hydrogen-bond donors (Lipinski definition) is 1. The summed E-state index contributed by atoms with van der Waals surface area (Å²) in [5.41, 5.74) is 1.33. The molecule has 1 saturated heterocycles. The first-order valence-corrected chi connectivity index (χ1v) is 15.0. The van der Waals surface area contributed by atoms with Gasteiger partial charge in [-0.15, -0.1) is 0 Å². The Morgan fingerprint density at radius 3 is 2.62 bits per heavy atom. The predicted octanol–water partition coefficient (Wildman–Crippen LogP) is 3.58. The summed E-state index contributed by atoms with van der Waals surface area (Å²) in [6.07, 6.45) is 7.46. The number of allylic oxidation sites excluding steroid dienone is 1. The number of hydrazone groups is 1. The molecule has 2 fully saturated rings. The van der Waals surface area contributed by atoms with E-state index in [1.165, 1.54) is 21.6 Å². The fourth-order valence-electron chi connectivity index (χ4n) is 5.54. The summed E-state index contributed by atoms with van der Waals surface area (Å²) in [4.78, 5) is 26.3. The third-order valence-electron chi connectivity index (χ3n) is 7.57. The van der Waals surface area contributed by atoms with Crippen molar-refractivity contribution in [3.63, 3.8) is 0 Å². The summed E-state index contributed by atoms with van der Waals surface area (Å²) in [7, 11) is -3.93. The van der Waals surface area contributed by atoms with Gasteiger partial charge in [-0.1, -0.05) is 0 Å². The molecule has 13 heteroatoms. The molecule has 1 aromatic carbocycles. The summed E-state index contributed by atoms with van der Waals surface area (Å²) < 4.78 is 49.0. The lowest BCUT2D eigenvalue weighted by atomic mass is 9.79. The highest BCUT2D eigenvalue weighted by atomic mass is 32.2. The van der Waals surface area contributed by atoms with Crippen molar-refractivity contribution in [1.82, 2.24) is 9.31 Å². The Bertz CT molecular complexity index is 1620. The van der Waals surface area contributed by atoms with E-state index in [1.54, 1.807) is 24.5 Å². The van der Waals surface area contributed by atoms with E-state index in [0.717, 1.165) is 42.7 Å². The van der Waals surface area contributed by atoms with E-state index in [4.69, 9.17) is 18.3 Å². The molecule has 1 aliphatic carbocycles. The molecule has 6 rings (SSSR count). The zero-order valence-corrected chi connectivity index (χ0v) is 23.4. The SMILES string of the molecule is O=C(OCC(=O)N1N=C2C(=Cc3ccco3)CCCC2C1c1ccco1)c1cc(S(=O)(=O)N2CCOCC2)ccc1O. The Morgan fingerprint density at radius 1 is 1.10 bits per heavy atom. The van der Waals surface area contributed by atoms with Gasteiger partial charge in [-0.3, -0.25) is 4.79 Å². The fraction of sp³-hybridized carbons (Fsp3) is 0.345. The molecule has 2 aromatic heterocycles. The van der Waals surface area contributed by atoms with Crippen LogP contribution in [0.2, 0.25) is 0 Å². The Hall–Kier alpha value is -4.20. The molecule has 0 bridgehead atoms. The van der Waals surface area contributed by atoms with Crippen molar-refractivity contribution in [3.8, 4) is 5.75 Å². The zero-order chi connectivity index (χ0) is 29.3. The van der Waals surface area contributed by atoms with Crippen molar-refractivity contribution in [2.45, 2.75) is 30.2 Å². The number of morpholine rings is 1. The lowest BCUT2D eigenvalue weighted by Gasteiger charge is -2.27. The fourth-order valence-corrected chi connectivity index (χ4v) is 6.97. The predicted molar refractivity (Wildman–Crippen MR) is 148 cm³/mol. The van der Waals surface area contributed by atoms with Crippen LogP contribution in [0.1, 0.15) is 47.2 Å². The normalized spacial score (nSPS) is 22.1. The molecule has 2 atom stereocenters. The number of rotatable bonds is 7. The van der Waals surface area contributed by atoms with Gasteiger partial charge in [0.1, 0.15) is 28.9 Å². The molecule has 0 radical (unpaired) electrons. The van der Waals surface area contributed by atoms with E-state index < -0.39 is 40.3 Å². The van der Waals surface area contributed by atoms with Crippen LogP contribution in [-0.2, 0) is 24.3 Å². The second kappa shape index (κ2) is 11.6. The Balaban J connectivity index is 1.22. The zero-order valence-electron chi connectivity index (χ0n) is 22.5. The monoisotopic (exact) mass is 595 g/mol. The third kappa shape index (κ3) is 5.38. The first kappa shape index (κ1) is 27.9. The molecule has 4 heterocycles. The van der Waals surface area contributed by atoms with Gasteiger partial charge < -0.3 is 23.4 Å². The minimum Gasteiger partial charge on any atom is -0.507 e. The van der Waals surface area contributed by atoms with Gasteiger partial charge in [0.15, 0.2) is 6.61 Å². The van der Waals surface area contributed by atoms with Crippen LogP contribution in [0.3, 0.4) is 0 Å². The van der Waals surface area contributed by atoms with Gasteiger partial charge in [-0.05, 0) is 73.4 Å². The van der Waals surface area contributed by atoms with E-state index in [9.17, 15) is 23.1 Å². The number of nitrogens with zero attached hydrogens (tertiary/aromatic N) is 3. The molecule has 1 N–H and O–H groups in total. The number of carbonyl (C=O) groups excluding carboxylic acids is 2. The van der Waals surface area contributed by atoms with Crippen molar-refractivity contribution in [2.75, 3.05) is 32.9 Å². The number of phenolic OH excluding ortho intramolecular Hbond substituents is 1. The molecule has 42 heavy (non-hydrogen) atoms. The Kier molecular flexibility index (Phi) is 7.71. The second-order valence-electron chi connectivity index (χ2n) is 10.1. The topological polar surface area (TPSA) is 152 Å². The van der Waals surface area contributed by atoms with E-state index in [2.05, 4.69) is 5.10 Å². The molecule has 220 valence electrons. The second-order valence-corrected chi connectivity index (χ2v) is 12.1. The van der Waals surface area contributed by atoms with Crippen LogP contribution in [0.5, 0.6) is 5.75 Å². The number of amides is 1. The minimum atomic E-state index is -3.93. The lowest BCUT2D eigenvalue weighted by molar-refractivity contribution is -0.137. The average molecular weight is 596 g/mol. The summed E-state index contributed by atoms with van der Waals surface area (Å²) >= 11 is 0. The van der Waals surface area contributed by atoms with Crippen LogP contribution in [0.4, 0.5) is 0 Å². The highest BCUT2D eigenvalue weighted by Gasteiger charge is 2.45. The number of furan rings is 2. The maximum absolute atomic E-state index is 13.5. The highest BCUT2D eigenvalue weighted by Crippen LogP contribution is 2.44. The molecule has 12 nitrogen and oxygen atoms in total. The van der Waals surface area contributed by atoms with Gasteiger partial charge in [0.2, 0.25) is 10.0 Å².